The Morgan fingerprint density at radius 1 is 1.25 bits per heavy atom. The number of phenols is 1. The van der Waals surface area contributed by atoms with Crippen LogP contribution >= 0.6 is 15.9 Å². The Labute approximate surface area is 127 Å². The van der Waals surface area contributed by atoms with E-state index in [1.807, 2.05) is 36.2 Å². The van der Waals surface area contributed by atoms with E-state index in [-0.39, 0.29) is 11.5 Å². The number of nitrogens with zero attached hydrogens (tertiary/aromatic N) is 1. The van der Waals surface area contributed by atoms with Gasteiger partial charge in [0.1, 0.15) is 5.75 Å². The predicted octanol–water partition coefficient (Wildman–Crippen LogP) is 3.99. The maximum Gasteiger partial charge on any atom is 0.163 e. The first-order valence-electron chi connectivity index (χ1n) is 6.27. The number of hydrogen-bond acceptors (Lipinski definition) is 3. The highest BCUT2D eigenvalue weighted by Gasteiger charge is 2.09. The van der Waals surface area contributed by atoms with E-state index in [1.165, 1.54) is 6.92 Å². The zero-order chi connectivity index (χ0) is 14.7. The number of aromatic hydroxyl groups is 1. The zero-order valence-corrected chi connectivity index (χ0v) is 13.0. The van der Waals surface area contributed by atoms with E-state index in [1.54, 1.807) is 12.1 Å². The molecule has 0 unspecified atom stereocenters. The van der Waals surface area contributed by atoms with E-state index in [2.05, 4.69) is 22.0 Å². The van der Waals surface area contributed by atoms with Crippen molar-refractivity contribution in [3.8, 4) is 5.75 Å². The first-order chi connectivity index (χ1) is 9.47. The van der Waals surface area contributed by atoms with Gasteiger partial charge in [-0.25, -0.2) is 0 Å². The van der Waals surface area contributed by atoms with Gasteiger partial charge >= 0.3 is 0 Å². The topological polar surface area (TPSA) is 40.5 Å². The fourth-order valence-electron chi connectivity index (χ4n) is 2.06. The van der Waals surface area contributed by atoms with Crippen molar-refractivity contribution in [3.05, 3.63) is 58.1 Å². The summed E-state index contributed by atoms with van der Waals surface area (Å²) in [4.78, 5) is 13.3. The van der Waals surface area contributed by atoms with Crippen LogP contribution in [0.3, 0.4) is 0 Å². The molecule has 0 amide bonds. The van der Waals surface area contributed by atoms with Gasteiger partial charge in [0.2, 0.25) is 0 Å². The van der Waals surface area contributed by atoms with Crippen molar-refractivity contribution >= 4 is 27.4 Å². The Balaban J connectivity index is 2.19. The van der Waals surface area contributed by atoms with Crippen LogP contribution < -0.4 is 4.90 Å². The molecule has 0 heterocycles. The van der Waals surface area contributed by atoms with E-state index in [4.69, 9.17) is 0 Å². The van der Waals surface area contributed by atoms with E-state index in [0.29, 0.717) is 5.56 Å². The van der Waals surface area contributed by atoms with Gasteiger partial charge < -0.3 is 10.0 Å². The number of benzene rings is 2. The second-order valence-corrected chi connectivity index (χ2v) is 5.66. The van der Waals surface area contributed by atoms with Crippen LogP contribution in [0, 0.1) is 0 Å². The SMILES string of the molecule is CC(=O)c1ccc(N(C)Cc2cccc(Br)c2)cc1O. The highest BCUT2D eigenvalue weighted by atomic mass is 79.9. The van der Waals surface area contributed by atoms with Gasteiger partial charge in [-0.1, -0.05) is 28.1 Å². The lowest BCUT2D eigenvalue weighted by atomic mass is 10.1. The highest BCUT2D eigenvalue weighted by Crippen LogP contribution is 2.25. The molecule has 1 N–H and O–H groups in total. The molecule has 2 aromatic carbocycles. The minimum Gasteiger partial charge on any atom is -0.507 e. The number of halogens is 1. The Bertz CT molecular complexity index is 640. The molecular formula is C16H16BrNO2. The van der Waals surface area contributed by atoms with Crippen molar-refractivity contribution < 1.29 is 9.90 Å². The predicted molar refractivity (Wildman–Crippen MR) is 84.4 cm³/mol. The molecule has 0 radical (unpaired) electrons. The van der Waals surface area contributed by atoms with Gasteiger partial charge in [-0.3, -0.25) is 4.79 Å². The zero-order valence-electron chi connectivity index (χ0n) is 11.4. The van der Waals surface area contributed by atoms with Gasteiger partial charge in [-0.05, 0) is 36.8 Å². The molecular weight excluding hydrogens is 318 g/mol. The molecule has 4 heteroatoms. The summed E-state index contributed by atoms with van der Waals surface area (Å²) < 4.78 is 1.04. The molecule has 2 rings (SSSR count). The number of ketones is 1. The van der Waals surface area contributed by atoms with Gasteiger partial charge in [0.05, 0.1) is 5.56 Å². The number of carbonyl (C=O) groups is 1. The van der Waals surface area contributed by atoms with Gasteiger partial charge in [0.15, 0.2) is 5.78 Å². The van der Waals surface area contributed by atoms with Crippen LogP contribution in [0.25, 0.3) is 0 Å². The van der Waals surface area contributed by atoms with Crippen molar-refractivity contribution in [1.29, 1.82) is 0 Å². The fraction of sp³-hybridized carbons (Fsp3) is 0.188. The van der Waals surface area contributed by atoms with Gasteiger partial charge in [0.25, 0.3) is 0 Å². The van der Waals surface area contributed by atoms with Crippen LogP contribution in [0.4, 0.5) is 5.69 Å². The number of anilines is 1. The summed E-state index contributed by atoms with van der Waals surface area (Å²) >= 11 is 3.45. The first kappa shape index (κ1) is 14.6. The molecule has 0 fully saturated rings. The first-order valence-corrected chi connectivity index (χ1v) is 7.06. The highest BCUT2D eigenvalue weighted by molar-refractivity contribution is 9.10. The molecule has 20 heavy (non-hydrogen) atoms. The summed E-state index contributed by atoms with van der Waals surface area (Å²) in [7, 11) is 1.95. The maximum absolute atomic E-state index is 11.3. The Hall–Kier alpha value is -1.81. The molecule has 0 aliphatic heterocycles. The molecule has 0 saturated heterocycles. The molecule has 0 aromatic heterocycles. The lowest BCUT2D eigenvalue weighted by Gasteiger charge is -2.20. The minimum absolute atomic E-state index is 0.0242. The Kier molecular flexibility index (Phi) is 4.45. The lowest BCUT2D eigenvalue weighted by molar-refractivity contribution is 0.101. The summed E-state index contributed by atoms with van der Waals surface area (Å²) in [5.41, 5.74) is 2.38. The summed E-state index contributed by atoms with van der Waals surface area (Å²) in [5, 5.41) is 9.87. The molecule has 0 aliphatic rings. The summed E-state index contributed by atoms with van der Waals surface area (Å²) in [6.07, 6.45) is 0. The molecule has 104 valence electrons. The fourth-order valence-corrected chi connectivity index (χ4v) is 2.50. The number of phenolic OH excluding ortho intramolecular Hbond substituents is 1. The van der Waals surface area contributed by atoms with Gasteiger partial charge in [-0.2, -0.15) is 0 Å². The van der Waals surface area contributed by atoms with Crippen LogP contribution in [0.1, 0.15) is 22.8 Å². The van der Waals surface area contributed by atoms with Crippen LogP contribution in [-0.2, 0) is 6.54 Å². The summed E-state index contributed by atoms with van der Waals surface area (Å²) in [6, 6.07) is 13.2. The second kappa shape index (κ2) is 6.09. The van der Waals surface area contributed by atoms with E-state index < -0.39 is 0 Å². The third-order valence-electron chi connectivity index (χ3n) is 3.11. The van der Waals surface area contributed by atoms with Crippen LogP contribution in [0.5, 0.6) is 5.75 Å². The molecule has 0 saturated carbocycles. The average Bonchev–Trinajstić information content (AvgIpc) is 2.38. The standard InChI is InChI=1S/C16H16BrNO2/c1-11(19)15-7-6-14(9-16(15)20)18(2)10-12-4-3-5-13(17)8-12/h3-9,20H,10H2,1-2H3. The second-order valence-electron chi connectivity index (χ2n) is 4.74. The molecule has 0 atom stereocenters. The third kappa shape index (κ3) is 3.39. The third-order valence-corrected chi connectivity index (χ3v) is 3.60. The van der Waals surface area contributed by atoms with Crippen LogP contribution in [-0.4, -0.2) is 17.9 Å². The van der Waals surface area contributed by atoms with Crippen molar-refractivity contribution in [2.45, 2.75) is 13.5 Å². The largest absolute Gasteiger partial charge is 0.507 e. The van der Waals surface area contributed by atoms with Crippen molar-refractivity contribution in [2.75, 3.05) is 11.9 Å². The van der Waals surface area contributed by atoms with Crippen molar-refractivity contribution in [2.24, 2.45) is 0 Å². The summed E-state index contributed by atoms with van der Waals surface area (Å²) in [6.45, 7) is 2.16. The van der Waals surface area contributed by atoms with Crippen molar-refractivity contribution in [3.63, 3.8) is 0 Å². The Morgan fingerprint density at radius 3 is 2.60 bits per heavy atom. The number of hydrogen-bond donors (Lipinski definition) is 1. The normalized spacial score (nSPS) is 10.3. The van der Waals surface area contributed by atoms with Gasteiger partial charge in [0, 0.05) is 29.8 Å². The van der Waals surface area contributed by atoms with Gasteiger partial charge in [-0.15, -0.1) is 0 Å². The number of carbonyl (C=O) groups excluding carboxylic acids is 1. The van der Waals surface area contributed by atoms with Crippen molar-refractivity contribution in [1.82, 2.24) is 0 Å². The molecule has 0 aliphatic carbocycles. The van der Waals surface area contributed by atoms with E-state index in [0.717, 1.165) is 22.3 Å². The van der Waals surface area contributed by atoms with Crippen LogP contribution in [0.15, 0.2) is 46.9 Å². The molecule has 2 aromatic rings. The number of rotatable bonds is 4. The van der Waals surface area contributed by atoms with E-state index in [9.17, 15) is 9.90 Å². The Morgan fingerprint density at radius 2 is 2.00 bits per heavy atom. The minimum atomic E-state index is -0.135. The molecule has 0 bridgehead atoms. The molecule has 3 nitrogen and oxygen atoms in total. The monoisotopic (exact) mass is 333 g/mol. The average molecular weight is 334 g/mol. The smallest absolute Gasteiger partial charge is 0.163 e. The molecule has 0 spiro atoms. The summed E-state index contributed by atoms with van der Waals surface area (Å²) in [5.74, 6) is -0.111. The van der Waals surface area contributed by atoms with Crippen LogP contribution in [0.2, 0.25) is 0 Å². The quantitative estimate of drug-likeness (QED) is 0.860. The van der Waals surface area contributed by atoms with E-state index >= 15 is 0 Å². The number of Topliss-reactive ketones (excluding diaryl/α,β-unsaturated/α-hetero) is 1. The maximum atomic E-state index is 11.3. The lowest BCUT2D eigenvalue weighted by Crippen LogP contribution is -2.16.